The van der Waals surface area contributed by atoms with Crippen molar-refractivity contribution in [3.8, 4) is 0 Å². The van der Waals surface area contributed by atoms with Crippen molar-refractivity contribution in [2.45, 2.75) is 50.2 Å². The fraction of sp³-hybridized carbons (Fsp3) is 0.706. The first-order valence-corrected chi connectivity index (χ1v) is 10.8. The predicted molar refractivity (Wildman–Crippen MR) is 111 cm³/mol. The summed E-state index contributed by atoms with van der Waals surface area (Å²) in [4.78, 5) is 58.2. The molecule has 0 heterocycles. The Labute approximate surface area is 178 Å². The number of amides is 3. The van der Waals surface area contributed by atoms with Crippen LogP contribution in [-0.4, -0.2) is 83.1 Å². The summed E-state index contributed by atoms with van der Waals surface area (Å²) < 4.78 is 0. The van der Waals surface area contributed by atoms with Crippen LogP contribution in [0.1, 0.15) is 32.1 Å². The molecule has 13 heteroatoms. The third-order valence-electron chi connectivity index (χ3n) is 3.98. The zero-order chi connectivity index (χ0) is 23.1. The number of hydrogen-bond donors (Lipinski definition) is 7. The molecule has 0 aromatic rings. The molecule has 3 atom stereocenters. The van der Waals surface area contributed by atoms with Crippen molar-refractivity contribution in [1.29, 1.82) is 0 Å². The molecule has 0 aliphatic rings. The highest BCUT2D eigenvalue weighted by atomic mass is 32.2. The quantitative estimate of drug-likeness (QED) is 0.127. The van der Waals surface area contributed by atoms with Gasteiger partial charge in [0.05, 0.1) is 19.0 Å². The van der Waals surface area contributed by atoms with E-state index < -0.39 is 60.8 Å². The topological polar surface area (TPSA) is 214 Å². The van der Waals surface area contributed by atoms with Crippen molar-refractivity contribution in [1.82, 2.24) is 16.0 Å². The minimum absolute atomic E-state index is 0.207. The van der Waals surface area contributed by atoms with E-state index in [1.807, 2.05) is 6.26 Å². The van der Waals surface area contributed by atoms with Crippen LogP contribution in [0.25, 0.3) is 0 Å². The second-order valence-electron chi connectivity index (χ2n) is 6.51. The van der Waals surface area contributed by atoms with Gasteiger partial charge in [-0.1, -0.05) is 0 Å². The lowest BCUT2D eigenvalue weighted by atomic mass is 10.1. The number of carboxylic acids is 2. The lowest BCUT2D eigenvalue weighted by Gasteiger charge is -2.21. The van der Waals surface area contributed by atoms with E-state index in [-0.39, 0.29) is 12.8 Å². The van der Waals surface area contributed by atoms with Crippen molar-refractivity contribution in [2.24, 2.45) is 11.5 Å². The van der Waals surface area contributed by atoms with Gasteiger partial charge < -0.3 is 37.6 Å². The summed E-state index contributed by atoms with van der Waals surface area (Å²) in [6.07, 6.45) is 2.83. The van der Waals surface area contributed by atoms with Gasteiger partial charge in [0.25, 0.3) is 0 Å². The fourth-order valence-corrected chi connectivity index (χ4v) is 2.82. The van der Waals surface area contributed by atoms with Gasteiger partial charge in [-0.3, -0.25) is 19.2 Å². The molecule has 0 saturated carbocycles. The second-order valence-corrected chi connectivity index (χ2v) is 7.49. The average molecular weight is 450 g/mol. The molecule has 0 radical (unpaired) electrons. The third kappa shape index (κ3) is 12.2. The summed E-state index contributed by atoms with van der Waals surface area (Å²) in [5.41, 5.74) is 10.8. The van der Waals surface area contributed by atoms with Crippen LogP contribution >= 0.6 is 11.8 Å². The van der Waals surface area contributed by atoms with E-state index in [0.29, 0.717) is 25.1 Å². The maximum absolute atomic E-state index is 12.5. The highest BCUT2D eigenvalue weighted by Crippen LogP contribution is 2.05. The number of rotatable bonds is 16. The van der Waals surface area contributed by atoms with Gasteiger partial charge >= 0.3 is 11.9 Å². The van der Waals surface area contributed by atoms with Gasteiger partial charge in [-0.2, -0.15) is 11.8 Å². The highest BCUT2D eigenvalue weighted by Gasteiger charge is 2.26. The van der Waals surface area contributed by atoms with E-state index in [0.717, 1.165) is 0 Å². The smallest absolute Gasteiger partial charge is 0.326 e. The summed E-state index contributed by atoms with van der Waals surface area (Å²) in [5.74, 6) is -4.07. The summed E-state index contributed by atoms with van der Waals surface area (Å²) in [6.45, 7) is -0.0947. The molecule has 0 saturated heterocycles. The van der Waals surface area contributed by atoms with E-state index in [2.05, 4.69) is 16.0 Å². The average Bonchev–Trinajstić information content (AvgIpc) is 2.67. The molecule has 0 aromatic heterocycles. The summed E-state index contributed by atoms with van der Waals surface area (Å²) in [6, 6.07) is -3.41. The molecule has 0 fully saturated rings. The van der Waals surface area contributed by atoms with Crippen molar-refractivity contribution in [2.75, 3.05) is 25.1 Å². The molecule has 0 aliphatic heterocycles. The van der Waals surface area contributed by atoms with E-state index in [1.54, 1.807) is 0 Å². The number of unbranched alkanes of at least 4 members (excludes halogenated alkanes) is 1. The Morgan fingerprint density at radius 1 is 0.967 bits per heavy atom. The lowest BCUT2D eigenvalue weighted by molar-refractivity contribution is -0.142. The minimum atomic E-state index is -1.31. The van der Waals surface area contributed by atoms with Crippen LogP contribution < -0.4 is 27.4 Å². The van der Waals surface area contributed by atoms with Crippen molar-refractivity contribution < 1.29 is 34.2 Å². The maximum Gasteiger partial charge on any atom is 0.326 e. The van der Waals surface area contributed by atoms with Crippen molar-refractivity contribution in [3.63, 3.8) is 0 Å². The summed E-state index contributed by atoms with van der Waals surface area (Å²) >= 11 is 1.44. The van der Waals surface area contributed by atoms with Gasteiger partial charge in [0, 0.05) is 0 Å². The second kappa shape index (κ2) is 15.5. The zero-order valence-corrected chi connectivity index (χ0v) is 17.7. The van der Waals surface area contributed by atoms with Crippen LogP contribution in [-0.2, 0) is 24.0 Å². The van der Waals surface area contributed by atoms with Gasteiger partial charge in [0.1, 0.15) is 12.1 Å². The van der Waals surface area contributed by atoms with Crippen LogP contribution in [0.3, 0.4) is 0 Å². The van der Waals surface area contributed by atoms with E-state index >= 15 is 0 Å². The number of thioether (sulfide) groups is 1. The van der Waals surface area contributed by atoms with E-state index in [1.165, 1.54) is 11.8 Å². The molecule has 0 bridgehead atoms. The Bertz CT molecular complexity index is 605. The SMILES string of the molecule is CSCCC(NC(=O)CNC(=O)C(N)CC(=O)O)C(=O)NC(CCCCN)C(=O)O. The van der Waals surface area contributed by atoms with Gasteiger partial charge in [-0.15, -0.1) is 0 Å². The molecular formula is C17H31N5O7S. The molecule has 0 aromatic carbocycles. The van der Waals surface area contributed by atoms with Gasteiger partial charge in [-0.25, -0.2) is 4.79 Å². The number of aliphatic carboxylic acids is 2. The predicted octanol–water partition coefficient (Wildman–Crippen LogP) is -2.16. The molecule has 0 rings (SSSR count). The van der Waals surface area contributed by atoms with Gasteiger partial charge in [0.15, 0.2) is 0 Å². The molecule has 30 heavy (non-hydrogen) atoms. The number of carbonyl (C=O) groups excluding carboxylic acids is 3. The minimum Gasteiger partial charge on any atom is -0.481 e. The molecule has 9 N–H and O–H groups in total. The summed E-state index contributed by atoms with van der Waals surface area (Å²) in [5, 5.41) is 25.0. The molecule has 172 valence electrons. The number of carboxylic acid groups (broad SMARTS) is 2. The Kier molecular flexibility index (Phi) is 14.2. The Morgan fingerprint density at radius 2 is 1.63 bits per heavy atom. The first kappa shape index (κ1) is 27.6. The molecule has 12 nitrogen and oxygen atoms in total. The van der Waals surface area contributed by atoms with Crippen LogP contribution in [0.15, 0.2) is 0 Å². The monoisotopic (exact) mass is 449 g/mol. The summed E-state index contributed by atoms with van der Waals surface area (Å²) in [7, 11) is 0. The van der Waals surface area contributed by atoms with Crippen molar-refractivity contribution >= 4 is 41.4 Å². The van der Waals surface area contributed by atoms with Crippen LogP contribution in [0.4, 0.5) is 0 Å². The van der Waals surface area contributed by atoms with Crippen LogP contribution in [0.2, 0.25) is 0 Å². The molecular weight excluding hydrogens is 418 g/mol. The van der Waals surface area contributed by atoms with Crippen molar-refractivity contribution in [3.05, 3.63) is 0 Å². The Hall–Kier alpha value is -2.38. The third-order valence-corrected chi connectivity index (χ3v) is 4.62. The van der Waals surface area contributed by atoms with Gasteiger partial charge in [-0.05, 0) is 44.2 Å². The number of nitrogens with one attached hydrogen (secondary N) is 3. The number of carbonyl (C=O) groups is 5. The van der Waals surface area contributed by atoms with E-state index in [9.17, 15) is 29.1 Å². The van der Waals surface area contributed by atoms with Gasteiger partial charge in [0.2, 0.25) is 17.7 Å². The molecule has 3 amide bonds. The number of hydrogen-bond acceptors (Lipinski definition) is 8. The largest absolute Gasteiger partial charge is 0.481 e. The molecule has 0 spiro atoms. The number of nitrogens with two attached hydrogens (primary N) is 2. The zero-order valence-electron chi connectivity index (χ0n) is 16.9. The first-order valence-electron chi connectivity index (χ1n) is 9.39. The molecule has 3 unspecified atom stereocenters. The van der Waals surface area contributed by atoms with E-state index in [4.69, 9.17) is 16.6 Å². The first-order chi connectivity index (χ1) is 14.1. The lowest BCUT2D eigenvalue weighted by Crippen LogP contribution is -2.54. The van der Waals surface area contributed by atoms with Crippen LogP contribution in [0, 0.1) is 0 Å². The Balaban J connectivity index is 4.82. The normalized spacial score (nSPS) is 13.6. The Morgan fingerprint density at radius 3 is 2.17 bits per heavy atom. The maximum atomic E-state index is 12.5. The standard InChI is InChI=1S/C17H31N5O7S/c1-30-7-5-11(16(27)22-12(17(28)29)4-2-3-6-18)21-13(23)9-20-15(26)10(19)8-14(24)25/h10-12H,2-9,18-19H2,1H3,(H,20,26)(H,21,23)(H,22,27)(H,24,25)(H,28,29). The van der Waals surface area contributed by atoms with Crippen LogP contribution in [0.5, 0.6) is 0 Å². The highest BCUT2D eigenvalue weighted by molar-refractivity contribution is 7.98. The molecule has 0 aliphatic carbocycles. The fourth-order valence-electron chi connectivity index (χ4n) is 2.35.